The van der Waals surface area contributed by atoms with Crippen molar-refractivity contribution in [3.05, 3.63) is 118 Å². The first-order chi connectivity index (χ1) is 16.7. The van der Waals surface area contributed by atoms with Crippen LogP contribution in [-0.4, -0.2) is 23.4 Å². The molecule has 0 atom stereocenters. The van der Waals surface area contributed by atoms with Gasteiger partial charge < -0.3 is 17.7 Å². The molecular weight excluding hydrogens is 562 g/mol. The summed E-state index contributed by atoms with van der Waals surface area (Å²) in [5.74, 6) is 1.71. The second-order valence-electron chi connectivity index (χ2n) is 4.98. The number of nitrogens with one attached hydrogen (secondary N) is 1. The normalized spacial score (nSPS) is 10.2. The van der Waals surface area contributed by atoms with Crippen molar-refractivity contribution in [3.8, 4) is 5.92 Å². The van der Waals surface area contributed by atoms with E-state index in [1.54, 1.807) is 0 Å². The molecule has 1 aliphatic heterocycles. The number of hydrogen-bond acceptors (Lipinski definition) is 2. The molecule has 3 amide bonds. The fourth-order valence-corrected chi connectivity index (χ4v) is 2.73. The smallest absolute Gasteiger partial charge is 0 e. The Bertz CT molecular complexity index is 939. The number of benzene rings is 2. The maximum atomic E-state index is 12.9. The fourth-order valence-electron chi connectivity index (χ4n) is 2.73. The van der Waals surface area contributed by atoms with Crippen molar-refractivity contribution in [2.75, 3.05) is 6.54 Å². The minimum absolute atomic E-state index is 0. The van der Waals surface area contributed by atoms with Crippen LogP contribution in [0.3, 0.4) is 0 Å². The Kier molecular flexibility index (Phi) is 40.0. The van der Waals surface area contributed by atoms with E-state index in [0.717, 1.165) is 4.90 Å². The molecule has 0 saturated carbocycles. The van der Waals surface area contributed by atoms with Gasteiger partial charge in [0.05, 0.1) is 6.54 Å². The van der Waals surface area contributed by atoms with E-state index < -0.39 is 17.5 Å². The quantitative estimate of drug-likeness (QED) is 0.255. The van der Waals surface area contributed by atoms with Crippen LogP contribution in [0, 0.1) is 52.2 Å². The van der Waals surface area contributed by atoms with Crippen molar-refractivity contribution in [2.24, 2.45) is 0 Å². The first-order valence-corrected chi connectivity index (χ1v) is 8.07. The van der Waals surface area contributed by atoms with Crippen LogP contribution in [0.2, 0.25) is 0 Å². The minimum atomic E-state index is -1.25. The van der Waals surface area contributed by atoms with Gasteiger partial charge in [-0.1, -0.05) is 60.7 Å². The monoisotopic (exact) mass is 575 g/mol. The zero-order valence-electron chi connectivity index (χ0n) is 17.9. The van der Waals surface area contributed by atoms with Crippen molar-refractivity contribution in [1.29, 1.82) is 0 Å². The summed E-state index contributed by atoms with van der Waals surface area (Å²) in [5.41, 5.74) is 0.121. The third-order valence-electron chi connectivity index (χ3n) is 3.76. The van der Waals surface area contributed by atoms with Gasteiger partial charge in [-0.15, -0.1) is 0 Å². The summed E-state index contributed by atoms with van der Waals surface area (Å²) >= 11 is 0. The van der Waals surface area contributed by atoms with Crippen LogP contribution in [0.5, 0.6) is 0 Å². The summed E-state index contributed by atoms with van der Waals surface area (Å²) in [6, 6.07) is 17.7. The van der Waals surface area contributed by atoms with Gasteiger partial charge in [0.25, 0.3) is 5.91 Å². The molecule has 2 aromatic rings. The van der Waals surface area contributed by atoms with Crippen molar-refractivity contribution in [3.63, 3.8) is 0 Å². The SMILES string of the molecule is [C-]#CCN1C(=O)NC(c2ccccc2)(c2ccccc2)C1=O.[C-]#[O+].[C-]#[O+].[C-]#[O+].[C-]#[O+].[C-]#[O+].[C-]#[O+].[Co+3].[Co]. The van der Waals surface area contributed by atoms with Crippen molar-refractivity contribution in [1.82, 2.24) is 10.2 Å². The topological polar surface area (TPSA) is 169 Å². The molecule has 0 unspecified atom stereocenters. The molecule has 0 aliphatic carbocycles. The fraction of sp³-hybridized carbons (Fsp3) is 0.0833. The van der Waals surface area contributed by atoms with Crippen molar-refractivity contribution >= 4 is 11.9 Å². The van der Waals surface area contributed by atoms with Crippen LogP contribution in [0.4, 0.5) is 4.79 Å². The third kappa shape index (κ3) is 12.2. The molecule has 10 nitrogen and oxygen atoms in total. The predicted octanol–water partition coefficient (Wildman–Crippen LogP) is 1.84. The Morgan fingerprint density at radius 3 is 1.28 bits per heavy atom. The van der Waals surface area contributed by atoms with Crippen molar-refractivity contribution in [2.45, 2.75) is 5.54 Å². The number of hydrogen-bond donors (Lipinski definition) is 1. The van der Waals surface area contributed by atoms with Gasteiger partial charge in [0.1, 0.15) is 0 Å². The third-order valence-corrected chi connectivity index (χ3v) is 3.76. The second kappa shape index (κ2) is 31.4. The molecule has 12 heteroatoms. The predicted molar refractivity (Wildman–Crippen MR) is 105 cm³/mol. The molecule has 1 fully saturated rings. The van der Waals surface area contributed by atoms with E-state index in [9.17, 15) is 9.59 Å². The maximum absolute atomic E-state index is 12.9. The molecule has 1 aliphatic rings. The van der Waals surface area contributed by atoms with Gasteiger partial charge in [0, 0.05) is 16.8 Å². The number of rotatable bonds is 3. The molecule has 1 radical (unpaired) electrons. The Hall–Kier alpha value is -3.61. The first kappa shape index (κ1) is 45.8. The summed E-state index contributed by atoms with van der Waals surface area (Å²) in [5, 5.41) is 2.80. The van der Waals surface area contributed by atoms with Crippen LogP contribution in [0.25, 0.3) is 0 Å². The first-order valence-electron chi connectivity index (χ1n) is 8.07. The molecule has 0 bridgehead atoms. The number of nitrogens with zero attached hydrogens (tertiary/aromatic N) is 1. The number of imide groups is 1. The van der Waals surface area contributed by atoms with Gasteiger partial charge in [-0.25, -0.2) is 4.79 Å². The standard InChI is InChI=1S/C18H13N2O2.6CO.2Co/c1-2-13-20-16(21)18(19-17(20)22,14-9-5-3-6-10-14)15-11-7-4-8-12-15;6*1-2;;/h3-12H,13H2,(H,19,22);;;;;;;;/q-1;;;;;;;;+3. The average Bonchev–Trinajstić information content (AvgIpc) is 3.22. The van der Waals surface area contributed by atoms with Crippen LogP contribution in [0.1, 0.15) is 11.1 Å². The molecule has 0 spiro atoms. The zero-order chi connectivity index (χ0) is 27.6. The average molecular weight is 575 g/mol. The molecule has 36 heavy (non-hydrogen) atoms. The van der Waals surface area contributed by atoms with E-state index in [0.29, 0.717) is 11.1 Å². The maximum Gasteiger partial charge on any atom is 3.00 e. The van der Waals surface area contributed by atoms with E-state index in [4.69, 9.17) is 34.3 Å². The molecular formula is C24H13Co2N2O8+2. The van der Waals surface area contributed by atoms with Crippen LogP contribution < -0.4 is 5.32 Å². The largest absolute Gasteiger partial charge is 3.00 e. The van der Waals surface area contributed by atoms with E-state index in [2.05, 4.69) is 51.1 Å². The Labute approximate surface area is 228 Å². The molecule has 2 aromatic carbocycles. The number of carbonyl (C=O) groups is 2. The van der Waals surface area contributed by atoms with E-state index >= 15 is 0 Å². The van der Waals surface area contributed by atoms with Gasteiger partial charge >= 0.3 is 90.6 Å². The zero-order valence-corrected chi connectivity index (χ0v) is 19.9. The van der Waals surface area contributed by atoms with Gasteiger partial charge in [-0.05, 0) is 11.1 Å². The van der Waals surface area contributed by atoms with Gasteiger partial charge in [0.15, 0.2) is 5.54 Å². The summed E-state index contributed by atoms with van der Waals surface area (Å²) in [4.78, 5) is 26.2. The van der Waals surface area contributed by atoms with Gasteiger partial charge in [-0.2, -0.15) is 0 Å². The Morgan fingerprint density at radius 2 is 1.00 bits per heavy atom. The molecule has 0 aromatic heterocycles. The van der Waals surface area contributed by atoms with E-state index in [1.807, 2.05) is 60.7 Å². The Morgan fingerprint density at radius 1 is 0.694 bits per heavy atom. The number of amides is 3. The Balaban J connectivity index is -0.000000142. The van der Waals surface area contributed by atoms with E-state index in [-0.39, 0.29) is 40.1 Å². The van der Waals surface area contributed by atoms with Crippen LogP contribution in [-0.2, 0) is 71.8 Å². The summed E-state index contributed by atoms with van der Waals surface area (Å²) in [6.45, 7) is 26.8. The second-order valence-corrected chi connectivity index (χ2v) is 4.98. The summed E-state index contributed by atoms with van der Waals surface area (Å²) in [7, 11) is 0. The molecule has 183 valence electrons. The van der Waals surface area contributed by atoms with Gasteiger partial charge in [0.2, 0.25) is 0 Å². The number of urea groups is 1. The molecule has 1 heterocycles. The molecule has 1 N–H and O–H groups in total. The van der Waals surface area contributed by atoms with Crippen molar-refractivity contribution < 1.29 is 71.1 Å². The minimum Gasteiger partial charge on any atom is 0 e. The van der Waals surface area contributed by atoms with Crippen LogP contribution in [0.15, 0.2) is 60.7 Å². The molecule has 3 rings (SSSR count). The summed E-state index contributed by atoms with van der Waals surface area (Å²) in [6.07, 6.45) is 7.06. The number of carbonyl (C=O) groups excluding carboxylic acids is 2. The van der Waals surface area contributed by atoms with E-state index in [1.165, 1.54) is 0 Å². The van der Waals surface area contributed by atoms with Gasteiger partial charge in [-0.3, -0.25) is 9.69 Å². The summed E-state index contributed by atoms with van der Waals surface area (Å²) < 4.78 is 45.0. The van der Waals surface area contributed by atoms with Crippen LogP contribution >= 0.6 is 0 Å². The molecule has 1 saturated heterocycles.